The van der Waals surface area contributed by atoms with Gasteiger partial charge in [0.2, 0.25) is 5.91 Å². The summed E-state index contributed by atoms with van der Waals surface area (Å²) < 4.78 is 10.7. The third-order valence-corrected chi connectivity index (χ3v) is 6.55. The fourth-order valence-electron chi connectivity index (χ4n) is 4.21. The van der Waals surface area contributed by atoms with Crippen LogP contribution < -0.4 is 14.8 Å². The molecule has 1 amide bonds. The molecule has 5 nitrogen and oxygen atoms in total. The number of nitrogens with one attached hydrogen (secondary N) is 1. The van der Waals surface area contributed by atoms with Gasteiger partial charge in [-0.1, -0.05) is 86.0 Å². The van der Waals surface area contributed by atoms with E-state index in [-0.39, 0.29) is 11.7 Å². The molecule has 0 aliphatic rings. The molecule has 5 heteroatoms. The van der Waals surface area contributed by atoms with E-state index < -0.39 is 12.0 Å². The highest BCUT2D eigenvalue weighted by Crippen LogP contribution is 2.32. The largest absolute Gasteiger partial charge is 0.493 e. The molecule has 2 atom stereocenters. The topological polar surface area (TPSA) is 64.6 Å². The van der Waals surface area contributed by atoms with Gasteiger partial charge in [-0.05, 0) is 71.5 Å². The van der Waals surface area contributed by atoms with E-state index in [4.69, 9.17) is 9.47 Å². The van der Waals surface area contributed by atoms with Crippen molar-refractivity contribution in [3.05, 3.63) is 132 Å². The summed E-state index contributed by atoms with van der Waals surface area (Å²) in [6.45, 7) is 11.9. The highest BCUT2D eigenvalue weighted by Gasteiger charge is 2.30. The quantitative estimate of drug-likeness (QED) is 0.210. The SMILES string of the molecule is C=CC(=O)NC(c1ccccc1)C(C(=C)/C=C/c1ccc(OC)c(OC)c1)C(=O)/C=C/c1ccc(C)c(C)c1. The number of ether oxygens (including phenoxy) is 2. The third-order valence-electron chi connectivity index (χ3n) is 6.55. The number of rotatable bonds is 12. The van der Waals surface area contributed by atoms with Crippen LogP contribution in [0, 0.1) is 19.8 Å². The molecule has 0 saturated heterocycles. The van der Waals surface area contributed by atoms with E-state index in [0.717, 1.165) is 22.3 Å². The van der Waals surface area contributed by atoms with Crippen molar-refractivity contribution in [1.82, 2.24) is 5.32 Å². The summed E-state index contributed by atoms with van der Waals surface area (Å²) in [6, 6.07) is 20.3. The van der Waals surface area contributed by atoms with Crippen LogP contribution in [0.5, 0.6) is 11.5 Å². The maximum Gasteiger partial charge on any atom is 0.243 e. The first-order valence-electron chi connectivity index (χ1n) is 12.6. The lowest BCUT2D eigenvalue weighted by atomic mass is 9.83. The molecule has 2 unspecified atom stereocenters. The van der Waals surface area contributed by atoms with Gasteiger partial charge in [0, 0.05) is 0 Å². The van der Waals surface area contributed by atoms with E-state index in [9.17, 15) is 9.59 Å². The van der Waals surface area contributed by atoms with Crippen molar-refractivity contribution >= 4 is 23.8 Å². The van der Waals surface area contributed by atoms with Gasteiger partial charge in [-0.3, -0.25) is 9.59 Å². The average molecular weight is 522 g/mol. The lowest BCUT2D eigenvalue weighted by Gasteiger charge is -2.27. The lowest BCUT2D eigenvalue weighted by molar-refractivity contribution is -0.120. The van der Waals surface area contributed by atoms with Crippen LogP contribution in [0.25, 0.3) is 12.2 Å². The van der Waals surface area contributed by atoms with Gasteiger partial charge in [-0.2, -0.15) is 0 Å². The Kier molecular flexibility index (Phi) is 10.2. The summed E-state index contributed by atoms with van der Waals surface area (Å²) in [7, 11) is 3.16. The Morgan fingerprint density at radius 3 is 2.10 bits per heavy atom. The Hall–Kier alpha value is -4.64. The van der Waals surface area contributed by atoms with Crippen LogP contribution in [0.1, 0.15) is 33.9 Å². The number of ketones is 1. The van der Waals surface area contributed by atoms with Gasteiger partial charge in [0.1, 0.15) is 0 Å². The zero-order chi connectivity index (χ0) is 28.4. The van der Waals surface area contributed by atoms with Gasteiger partial charge in [0.25, 0.3) is 0 Å². The normalized spacial score (nSPS) is 12.6. The van der Waals surface area contributed by atoms with E-state index in [2.05, 4.69) is 18.5 Å². The molecule has 3 rings (SSSR count). The van der Waals surface area contributed by atoms with Gasteiger partial charge in [-0.25, -0.2) is 0 Å². The Morgan fingerprint density at radius 1 is 0.821 bits per heavy atom. The van der Waals surface area contributed by atoms with E-state index in [1.54, 1.807) is 32.4 Å². The number of carbonyl (C=O) groups excluding carboxylic acids is 2. The predicted octanol–water partition coefficient (Wildman–Crippen LogP) is 6.83. The minimum atomic E-state index is -0.768. The number of hydrogen-bond donors (Lipinski definition) is 1. The molecule has 0 saturated carbocycles. The van der Waals surface area contributed by atoms with Crippen molar-refractivity contribution in [3.63, 3.8) is 0 Å². The summed E-state index contributed by atoms with van der Waals surface area (Å²) in [5.41, 5.74) is 5.41. The van der Waals surface area contributed by atoms with Crippen molar-refractivity contribution in [2.45, 2.75) is 19.9 Å². The zero-order valence-electron chi connectivity index (χ0n) is 22.9. The minimum Gasteiger partial charge on any atom is -0.493 e. The fraction of sp³-hybridized carbons (Fsp3) is 0.176. The number of aryl methyl sites for hydroxylation is 2. The first-order chi connectivity index (χ1) is 18.8. The summed E-state index contributed by atoms with van der Waals surface area (Å²) in [5, 5.41) is 2.95. The summed E-state index contributed by atoms with van der Waals surface area (Å²) in [6.07, 6.45) is 8.20. The summed E-state index contributed by atoms with van der Waals surface area (Å²) >= 11 is 0. The number of methoxy groups -OCH3 is 2. The van der Waals surface area contributed by atoms with Crippen LogP contribution in [-0.4, -0.2) is 25.9 Å². The lowest BCUT2D eigenvalue weighted by Crippen LogP contribution is -2.36. The van der Waals surface area contributed by atoms with E-state index in [0.29, 0.717) is 17.1 Å². The van der Waals surface area contributed by atoms with Crippen molar-refractivity contribution in [2.24, 2.45) is 5.92 Å². The molecule has 0 aromatic heterocycles. The first-order valence-corrected chi connectivity index (χ1v) is 12.6. The van der Waals surface area contributed by atoms with Crippen LogP contribution in [-0.2, 0) is 9.59 Å². The summed E-state index contributed by atoms with van der Waals surface area (Å²) in [4.78, 5) is 26.3. The number of allylic oxidation sites excluding steroid dienone is 2. The molecule has 3 aromatic rings. The van der Waals surface area contributed by atoms with E-state index >= 15 is 0 Å². The number of carbonyl (C=O) groups is 2. The van der Waals surface area contributed by atoms with Crippen LogP contribution in [0.2, 0.25) is 0 Å². The molecular weight excluding hydrogens is 486 g/mol. The Bertz CT molecular complexity index is 1400. The highest BCUT2D eigenvalue weighted by molar-refractivity contribution is 5.99. The van der Waals surface area contributed by atoms with Gasteiger partial charge >= 0.3 is 0 Å². The number of hydrogen-bond acceptors (Lipinski definition) is 4. The maximum absolute atomic E-state index is 13.8. The first kappa shape index (κ1) is 28.9. The molecule has 0 bridgehead atoms. The van der Waals surface area contributed by atoms with Gasteiger partial charge in [0.05, 0.1) is 26.2 Å². The van der Waals surface area contributed by atoms with Crippen LogP contribution >= 0.6 is 0 Å². The Morgan fingerprint density at radius 2 is 1.46 bits per heavy atom. The molecule has 0 fully saturated rings. The standard InChI is InChI=1S/C34H35NO4/c1-7-32(37)35-34(28-11-9-8-10-12-28)33(29(36)19-17-26-15-13-23(2)25(4)21-26)24(3)14-16-27-18-20-30(38-5)31(22-27)39-6/h7-22,33-34H,1,3H2,2,4-6H3,(H,35,37)/b16-14+,19-17+. The zero-order valence-corrected chi connectivity index (χ0v) is 22.9. The molecule has 39 heavy (non-hydrogen) atoms. The minimum absolute atomic E-state index is 0.187. The summed E-state index contributed by atoms with van der Waals surface area (Å²) in [5.74, 6) is -0.121. The van der Waals surface area contributed by atoms with Crippen molar-refractivity contribution in [1.29, 1.82) is 0 Å². The molecule has 0 heterocycles. The van der Waals surface area contributed by atoms with Crippen LogP contribution in [0.4, 0.5) is 0 Å². The fourth-order valence-corrected chi connectivity index (χ4v) is 4.21. The third kappa shape index (κ3) is 7.68. The molecule has 3 aromatic carbocycles. The second kappa shape index (κ2) is 13.8. The average Bonchev–Trinajstić information content (AvgIpc) is 2.96. The van der Waals surface area contributed by atoms with Crippen molar-refractivity contribution < 1.29 is 19.1 Å². The molecule has 0 aliphatic carbocycles. The number of amides is 1. The molecule has 1 N–H and O–H groups in total. The van der Waals surface area contributed by atoms with Gasteiger partial charge in [0.15, 0.2) is 17.3 Å². The Balaban J connectivity index is 2.02. The second-order valence-electron chi connectivity index (χ2n) is 9.18. The highest BCUT2D eigenvalue weighted by atomic mass is 16.5. The number of benzene rings is 3. The monoisotopic (exact) mass is 521 g/mol. The maximum atomic E-state index is 13.8. The molecule has 0 aliphatic heterocycles. The Labute approximate surface area is 231 Å². The molecule has 0 spiro atoms. The van der Waals surface area contributed by atoms with Crippen molar-refractivity contribution in [2.75, 3.05) is 14.2 Å². The molecule has 200 valence electrons. The van der Waals surface area contributed by atoms with Crippen LogP contribution in [0.3, 0.4) is 0 Å². The molecular formula is C34H35NO4. The van der Waals surface area contributed by atoms with Gasteiger partial charge in [-0.15, -0.1) is 0 Å². The van der Waals surface area contributed by atoms with Crippen LogP contribution in [0.15, 0.2) is 104 Å². The van der Waals surface area contributed by atoms with E-state index in [1.807, 2.05) is 86.7 Å². The smallest absolute Gasteiger partial charge is 0.243 e. The van der Waals surface area contributed by atoms with E-state index in [1.165, 1.54) is 11.6 Å². The van der Waals surface area contributed by atoms with Crippen molar-refractivity contribution in [3.8, 4) is 11.5 Å². The second-order valence-corrected chi connectivity index (χ2v) is 9.18. The predicted molar refractivity (Wildman–Crippen MR) is 159 cm³/mol. The molecule has 0 radical (unpaired) electrons. The van der Waals surface area contributed by atoms with Gasteiger partial charge < -0.3 is 14.8 Å².